The quantitative estimate of drug-likeness (QED) is 0.206. The van der Waals surface area contributed by atoms with Crippen LogP contribution in [-0.2, 0) is 17.6 Å². The monoisotopic (exact) mass is 529 g/mol. The fourth-order valence-corrected chi connectivity index (χ4v) is 5.59. The van der Waals surface area contributed by atoms with E-state index in [2.05, 4.69) is 9.88 Å². The summed E-state index contributed by atoms with van der Waals surface area (Å²) in [7, 11) is 1.63. The predicted octanol–water partition coefficient (Wildman–Crippen LogP) is 5.51. The van der Waals surface area contributed by atoms with Crippen LogP contribution in [0.3, 0.4) is 0 Å². The highest BCUT2D eigenvalue weighted by molar-refractivity contribution is 5.84. The summed E-state index contributed by atoms with van der Waals surface area (Å²) in [5.74, 6) is -2.57. The molecule has 0 aliphatic carbocycles. The van der Waals surface area contributed by atoms with E-state index in [4.69, 9.17) is 4.74 Å². The fraction of sp³-hybridized carbons (Fsp3) is 0.448. The van der Waals surface area contributed by atoms with Gasteiger partial charge in [-0.05, 0) is 112 Å². The Kier molecular flexibility index (Phi) is 8.89. The molecule has 0 atom stereocenters. The van der Waals surface area contributed by atoms with E-state index in [-0.39, 0.29) is 17.9 Å². The summed E-state index contributed by atoms with van der Waals surface area (Å²) < 4.78 is 46.2. The lowest BCUT2D eigenvalue weighted by Crippen LogP contribution is -2.48. The number of halogens is 3. The lowest BCUT2D eigenvalue weighted by molar-refractivity contribution is -0.143. The molecule has 38 heavy (non-hydrogen) atoms. The van der Waals surface area contributed by atoms with Crippen LogP contribution in [0.2, 0.25) is 0 Å². The number of aryl methyl sites for hydroxylation is 3. The number of carbonyl (C=O) groups excluding carboxylic acids is 1. The Balaban J connectivity index is 1.36. The zero-order chi connectivity index (χ0) is 27.3. The van der Waals surface area contributed by atoms with Crippen molar-refractivity contribution in [1.29, 1.82) is 0 Å². The number of methoxy groups -OCH3 is 1. The van der Waals surface area contributed by atoms with Crippen molar-refractivity contribution in [1.82, 2.24) is 15.4 Å². The number of nitrogens with one attached hydrogen (secondary N) is 1. The Hall–Kier alpha value is -3.17. The summed E-state index contributed by atoms with van der Waals surface area (Å²) in [5.41, 5.74) is 4.37. The first-order valence-electron chi connectivity index (χ1n) is 13.0. The molecule has 0 saturated carbocycles. The molecular weight excluding hydrogens is 495 g/mol. The summed E-state index contributed by atoms with van der Waals surface area (Å²) in [6.45, 7) is 3.93. The molecule has 6 nitrogen and oxygen atoms in total. The van der Waals surface area contributed by atoms with Gasteiger partial charge in [0.25, 0.3) is 0 Å². The van der Waals surface area contributed by atoms with Gasteiger partial charge >= 0.3 is 0 Å². The lowest BCUT2D eigenvalue weighted by Gasteiger charge is -2.40. The van der Waals surface area contributed by atoms with Gasteiger partial charge in [-0.25, -0.2) is 18.7 Å². The summed E-state index contributed by atoms with van der Waals surface area (Å²) in [6, 6.07) is 7.39. The minimum Gasteiger partial charge on any atom is -0.497 e. The number of hydrogen-bond acceptors (Lipinski definition) is 5. The van der Waals surface area contributed by atoms with Gasteiger partial charge in [0, 0.05) is 17.6 Å². The fourth-order valence-electron chi connectivity index (χ4n) is 5.59. The van der Waals surface area contributed by atoms with Crippen molar-refractivity contribution < 1.29 is 27.9 Å². The van der Waals surface area contributed by atoms with Crippen molar-refractivity contribution in [3.05, 3.63) is 70.7 Å². The zero-order valence-corrected chi connectivity index (χ0v) is 21.8. The lowest BCUT2D eigenvalue weighted by atomic mass is 9.73. The van der Waals surface area contributed by atoms with Crippen LogP contribution in [0.4, 0.5) is 13.2 Å². The molecule has 1 aromatic heterocycles. The highest BCUT2D eigenvalue weighted by Gasteiger charge is 2.40. The third kappa shape index (κ3) is 6.10. The first-order chi connectivity index (χ1) is 18.3. The molecule has 2 heterocycles. The first kappa shape index (κ1) is 27.9. The van der Waals surface area contributed by atoms with E-state index < -0.39 is 22.9 Å². The maximum atomic E-state index is 13.9. The molecule has 0 radical (unpaired) electrons. The highest BCUT2D eigenvalue weighted by atomic mass is 19.2. The number of hydroxylamine groups is 1. The molecule has 3 aromatic rings. The maximum Gasteiger partial charge on any atom is 0.249 e. The van der Waals surface area contributed by atoms with E-state index in [1.165, 1.54) is 5.56 Å². The van der Waals surface area contributed by atoms with E-state index >= 15 is 0 Å². The van der Waals surface area contributed by atoms with Crippen LogP contribution < -0.4 is 10.2 Å². The molecule has 0 bridgehead atoms. The number of carbonyl (C=O) groups is 1. The summed E-state index contributed by atoms with van der Waals surface area (Å²) >= 11 is 0. The van der Waals surface area contributed by atoms with E-state index in [0.29, 0.717) is 51.4 Å². The third-order valence-electron chi connectivity index (χ3n) is 7.87. The van der Waals surface area contributed by atoms with E-state index in [9.17, 15) is 23.2 Å². The largest absolute Gasteiger partial charge is 0.497 e. The van der Waals surface area contributed by atoms with Crippen LogP contribution in [-0.4, -0.2) is 47.7 Å². The zero-order valence-electron chi connectivity index (χ0n) is 21.8. The molecule has 0 unspecified atom stereocenters. The second-order valence-corrected chi connectivity index (χ2v) is 10.2. The highest BCUT2D eigenvalue weighted by Crippen LogP contribution is 2.38. The van der Waals surface area contributed by atoms with Crippen molar-refractivity contribution in [3.63, 3.8) is 0 Å². The smallest absolute Gasteiger partial charge is 0.249 e. The number of pyridine rings is 1. The van der Waals surface area contributed by atoms with E-state index in [0.717, 1.165) is 41.1 Å². The standard InChI is InChI=1S/C29H34F3N3O3/c1-19-18-33-26-8-7-22(38-2)17-24(26)23(19)6-3-9-29(28(36)34-37)10-13-35(14-11-29)12-4-5-20-15-21(30)16-25(31)27(20)32/h7-8,15-18,37H,3-6,9-14H2,1-2H3,(H,34,36). The third-order valence-corrected chi connectivity index (χ3v) is 7.87. The summed E-state index contributed by atoms with van der Waals surface area (Å²) in [6.07, 6.45) is 5.92. The minimum atomic E-state index is -1.17. The predicted molar refractivity (Wildman–Crippen MR) is 139 cm³/mol. The average molecular weight is 530 g/mol. The topological polar surface area (TPSA) is 74.7 Å². The average Bonchev–Trinajstić information content (AvgIpc) is 2.92. The van der Waals surface area contributed by atoms with Gasteiger partial charge in [0.1, 0.15) is 11.6 Å². The molecule has 0 spiro atoms. The molecule has 1 fully saturated rings. The second-order valence-electron chi connectivity index (χ2n) is 10.2. The van der Waals surface area contributed by atoms with Crippen LogP contribution >= 0.6 is 0 Å². The number of benzene rings is 2. The molecule has 204 valence electrons. The molecular formula is C29H34F3N3O3. The van der Waals surface area contributed by atoms with Crippen molar-refractivity contribution in [2.24, 2.45) is 5.41 Å². The van der Waals surface area contributed by atoms with Gasteiger partial charge in [0.05, 0.1) is 18.0 Å². The number of amides is 1. The van der Waals surface area contributed by atoms with Crippen molar-refractivity contribution >= 4 is 16.8 Å². The molecule has 1 aliphatic rings. The second kappa shape index (κ2) is 12.1. The van der Waals surface area contributed by atoms with Gasteiger partial charge in [-0.3, -0.25) is 15.0 Å². The Morgan fingerprint density at radius 3 is 2.61 bits per heavy atom. The summed E-state index contributed by atoms with van der Waals surface area (Å²) in [5, 5.41) is 10.5. The summed E-state index contributed by atoms with van der Waals surface area (Å²) in [4.78, 5) is 19.5. The number of aromatic nitrogens is 1. The Morgan fingerprint density at radius 1 is 1.13 bits per heavy atom. The van der Waals surface area contributed by atoms with E-state index in [1.807, 2.05) is 36.8 Å². The maximum absolute atomic E-state index is 13.9. The van der Waals surface area contributed by atoms with Crippen molar-refractivity contribution in [2.75, 3.05) is 26.7 Å². The van der Waals surface area contributed by atoms with Gasteiger partial charge < -0.3 is 9.64 Å². The van der Waals surface area contributed by atoms with Crippen LogP contribution in [0.5, 0.6) is 5.75 Å². The molecule has 2 aromatic carbocycles. The van der Waals surface area contributed by atoms with Crippen LogP contribution in [0.15, 0.2) is 36.5 Å². The van der Waals surface area contributed by atoms with E-state index in [1.54, 1.807) is 7.11 Å². The molecule has 1 amide bonds. The number of rotatable bonds is 10. The Bertz CT molecular complexity index is 1290. The van der Waals surface area contributed by atoms with Crippen molar-refractivity contribution in [3.8, 4) is 5.75 Å². The van der Waals surface area contributed by atoms with Crippen LogP contribution in [0.25, 0.3) is 10.9 Å². The number of ether oxygens (including phenoxy) is 1. The van der Waals surface area contributed by atoms with Crippen LogP contribution in [0.1, 0.15) is 48.8 Å². The Labute approximate surface area is 220 Å². The number of fused-ring (bicyclic) bond motifs is 1. The van der Waals surface area contributed by atoms with Gasteiger partial charge in [-0.1, -0.05) is 0 Å². The van der Waals surface area contributed by atoms with Gasteiger partial charge in [0.15, 0.2) is 11.6 Å². The Morgan fingerprint density at radius 2 is 1.89 bits per heavy atom. The first-order valence-corrected chi connectivity index (χ1v) is 13.0. The number of piperidine rings is 1. The molecule has 2 N–H and O–H groups in total. The van der Waals surface area contributed by atoms with Crippen molar-refractivity contribution in [2.45, 2.75) is 51.9 Å². The van der Waals surface area contributed by atoms with Gasteiger partial charge in [-0.2, -0.15) is 0 Å². The SMILES string of the molecule is COc1ccc2ncc(C)c(CCCC3(C(=O)NO)CCN(CCCc4cc(F)cc(F)c4F)CC3)c2c1. The van der Waals surface area contributed by atoms with Gasteiger partial charge in [0.2, 0.25) is 5.91 Å². The number of nitrogens with zero attached hydrogens (tertiary/aromatic N) is 2. The number of hydrogen-bond donors (Lipinski definition) is 2. The molecule has 9 heteroatoms. The minimum absolute atomic E-state index is 0.0325. The normalized spacial score (nSPS) is 15.5. The number of likely N-dealkylation sites (tertiary alicyclic amines) is 1. The molecule has 4 rings (SSSR count). The van der Waals surface area contributed by atoms with Gasteiger partial charge in [-0.15, -0.1) is 0 Å². The van der Waals surface area contributed by atoms with Crippen LogP contribution in [0, 0.1) is 29.8 Å². The molecule has 1 aliphatic heterocycles. The molecule has 1 saturated heterocycles.